The maximum Gasteiger partial charge on any atom is 0.129 e. The van der Waals surface area contributed by atoms with Gasteiger partial charge in [-0.2, -0.15) is 5.10 Å². The molecule has 2 heterocycles. The van der Waals surface area contributed by atoms with Crippen LogP contribution in [0.4, 0.5) is 0 Å². The fourth-order valence-electron chi connectivity index (χ4n) is 2.36. The number of benzene rings is 1. The van der Waals surface area contributed by atoms with Gasteiger partial charge in [0.2, 0.25) is 0 Å². The van der Waals surface area contributed by atoms with Crippen LogP contribution in [0.2, 0.25) is 5.15 Å². The molecular weight excluding hydrogens is 302 g/mol. The van der Waals surface area contributed by atoms with Crippen LogP contribution in [0, 0.1) is 0 Å². The van der Waals surface area contributed by atoms with Crippen molar-refractivity contribution in [2.75, 3.05) is 6.61 Å². The Morgan fingerprint density at radius 2 is 1.91 bits per heavy atom. The minimum absolute atomic E-state index is 0.0335. The van der Waals surface area contributed by atoms with Crippen molar-refractivity contribution >= 4 is 11.6 Å². The molecule has 1 aromatic carbocycles. The number of phenols is 1. The number of phenolic OH excluding ortho intramolecular Hbond substituents is 1. The number of halogens is 1. The highest BCUT2D eigenvalue weighted by Crippen LogP contribution is 2.35. The van der Waals surface area contributed by atoms with Gasteiger partial charge in [-0.1, -0.05) is 17.7 Å². The summed E-state index contributed by atoms with van der Waals surface area (Å²) < 4.78 is 0. The van der Waals surface area contributed by atoms with Gasteiger partial charge in [-0.3, -0.25) is 5.10 Å². The van der Waals surface area contributed by atoms with E-state index in [-0.39, 0.29) is 12.4 Å². The number of aliphatic hydroxyl groups excluding tert-OH is 1. The van der Waals surface area contributed by atoms with Gasteiger partial charge in [0.05, 0.1) is 11.9 Å². The van der Waals surface area contributed by atoms with Gasteiger partial charge in [-0.05, 0) is 29.8 Å². The van der Waals surface area contributed by atoms with Crippen molar-refractivity contribution in [3.8, 4) is 28.0 Å². The Hall–Kier alpha value is -2.37. The Morgan fingerprint density at radius 1 is 1.09 bits per heavy atom. The normalized spacial score (nSPS) is 10.8. The maximum absolute atomic E-state index is 10.4. The SMILES string of the molecule is OCCc1nc(Cl)ccc1-c1ccc(-c2cn[nH]c2)cc1O. The van der Waals surface area contributed by atoms with Gasteiger partial charge in [-0.25, -0.2) is 4.98 Å². The number of nitrogens with zero attached hydrogens (tertiary/aromatic N) is 2. The first-order valence-corrected chi connectivity index (χ1v) is 7.15. The molecule has 22 heavy (non-hydrogen) atoms. The molecule has 3 N–H and O–H groups in total. The molecule has 3 aromatic rings. The van der Waals surface area contributed by atoms with E-state index in [1.807, 2.05) is 12.1 Å². The molecule has 0 unspecified atom stereocenters. The van der Waals surface area contributed by atoms with Gasteiger partial charge >= 0.3 is 0 Å². The fraction of sp³-hybridized carbons (Fsp3) is 0.125. The Morgan fingerprint density at radius 3 is 2.59 bits per heavy atom. The molecule has 0 amide bonds. The second-order valence-corrected chi connectivity index (χ2v) is 5.21. The van der Waals surface area contributed by atoms with Gasteiger partial charge in [0, 0.05) is 35.9 Å². The molecule has 0 bridgehead atoms. The number of aromatic amines is 1. The van der Waals surface area contributed by atoms with Crippen molar-refractivity contribution in [2.45, 2.75) is 6.42 Å². The molecule has 0 saturated carbocycles. The average molecular weight is 316 g/mol. The van der Waals surface area contributed by atoms with E-state index in [2.05, 4.69) is 15.2 Å². The number of rotatable bonds is 4. The maximum atomic E-state index is 10.4. The van der Waals surface area contributed by atoms with Crippen LogP contribution in [0.15, 0.2) is 42.7 Å². The first-order chi connectivity index (χ1) is 10.7. The van der Waals surface area contributed by atoms with E-state index in [9.17, 15) is 5.11 Å². The minimum atomic E-state index is -0.0335. The molecule has 0 aliphatic rings. The van der Waals surface area contributed by atoms with E-state index in [4.69, 9.17) is 16.7 Å². The van der Waals surface area contributed by atoms with E-state index >= 15 is 0 Å². The lowest BCUT2D eigenvalue weighted by atomic mass is 9.98. The summed E-state index contributed by atoms with van der Waals surface area (Å²) in [7, 11) is 0. The lowest BCUT2D eigenvalue weighted by Crippen LogP contribution is -1.98. The molecule has 2 aromatic heterocycles. The molecule has 112 valence electrons. The van der Waals surface area contributed by atoms with Crippen LogP contribution in [0.1, 0.15) is 5.69 Å². The topological polar surface area (TPSA) is 82.0 Å². The number of nitrogens with one attached hydrogen (secondary N) is 1. The molecule has 0 saturated heterocycles. The van der Waals surface area contributed by atoms with E-state index < -0.39 is 0 Å². The van der Waals surface area contributed by atoms with Gasteiger partial charge in [0.15, 0.2) is 0 Å². The van der Waals surface area contributed by atoms with Crippen LogP contribution in [0.3, 0.4) is 0 Å². The zero-order valence-electron chi connectivity index (χ0n) is 11.6. The van der Waals surface area contributed by atoms with Crippen molar-refractivity contribution < 1.29 is 10.2 Å². The Labute approximate surface area is 132 Å². The van der Waals surface area contributed by atoms with E-state index in [0.717, 1.165) is 16.7 Å². The zero-order valence-corrected chi connectivity index (χ0v) is 12.4. The summed E-state index contributed by atoms with van der Waals surface area (Å²) in [6.07, 6.45) is 3.82. The highest BCUT2D eigenvalue weighted by molar-refractivity contribution is 6.29. The zero-order chi connectivity index (χ0) is 15.5. The molecule has 0 fully saturated rings. The molecule has 3 rings (SSSR count). The average Bonchev–Trinajstić information content (AvgIpc) is 3.03. The summed E-state index contributed by atoms with van der Waals surface area (Å²) >= 11 is 5.91. The third-order valence-corrected chi connectivity index (χ3v) is 3.62. The molecule has 6 heteroatoms. The fourth-order valence-corrected chi connectivity index (χ4v) is 2.53. The summed E-state index contributed by atoms with van der Waals surface area (Å²) in [6, 6.07) is 8.87. The monoisotopic (exact) mass is 315 g/mol. The van der Waals surface area contributed by atoms with Crippen molar-refractivity contribution in [3.63, 3.8) is 0 Å². The van der Waals surface area contributed by atoms with Gasteiger partial charge in [0.25, 0.3) is 0 Å². The number of aromatic nitrogens is 3. The van der Waals surface area contributed by atoms with E-state index in [1.54, 1.807) is 30.6 Å². The molecule has 0 radical (unpaired) electrons. The predicted octanol–water partition coefficient (Wildman–Crippen LogP) is 3.03. The van der Waals surface area contributed by atoms with Gasteiger partial charge < -0.3 is 10.2 Å². The second kappa shape index (κ2) is 6.17. The highest BCUT2D eigenvalue weighted by Gasteiger charge is 2.12. The van der Waals surface area contributed by atoms with Gasteiger partial charge in [-0.15, -0.1) is 0 Å². The number of H-pyrrole nitrogens is 1. The van der Waals surface area contributed by atoms with E-state index in [0.29, 0.717) is 22.8 Å². The van der Waals surface area contributed by atoms with Crippen molar-refractivity contribution in [1.29, 1.82) is 0 Å². The number of pyridine rings is 1. The number of aromatic hydroxyl groups is 1. The third-order valence-electron chi connectivity index (χ3n) is 3.41. The second-order valence-electron chi connectivity index (χ2n) is 4.82. The lowest BCUT2D eigenvalue weighted by molar-refractivity contribution is 0.298. The first kappa shape index (κ1) is 14.6. The predicted molar refractivity (Wildman–Crippen MR) is 84.7 cm³/mol. The van der Waals surface area contributed by atoms with Crippen LogP contribution in [0.25, 0.3) is 22.3 Å². The Kier molecular flexibility index (Phi) is 4.09. The largest absolute Gasteiger partial charge is 0.507 e. The smallest absolute Gasteiger partial charge is 0.129 e. The highest BCUT2D eigenvalue weighted by atomic mass is 35.5. The number of aliphatic hydroxyl groups is 1. The van der Waals surface area contributed by atoms with Crippen LogP contribution in [-0.2, 0) is 6.42 Å². The molecule has 0 aliphatic heterocycles. The number of hydrogen-bond donors (Lipinski definition) is 3. The van der Waals surface area contributed by atoms with Crippen LogP contribution < -0.4 is 0 Å². The summed E-state index contributed by atoms with van der Waals surface area (Å²) in [5.41, 5.74) is 3.82. The molecular formula is C16H14ClN3O2. The first-order valence-electron chi connectivity index (χ1n) is 6.78. The molecule has 0 spiro atoms. The molecule has 5 nitrogen and oxygen atoms in total. The Bertz CT molecular complexity index is 788. The van der Waals surface area contributed by atoms with Crippen molar-refractivity contribution in [1.82, 2.24) is 15.2 Å². The van der Waals surface area contributed by atoms with Crippen molar-refractivity contribution in [3.05, 3.63) is 53.6 Å². The Balaban J connectivity index is 2.06. The molecule has 0 aliphatic carbocycles. The van der Waals surface area contributed by atoms with Gasteiger partial charge in [0.1, 0.15) is 10.9 Å². The van der Waals surface area contributed by atoms with Crippen LogP contribution >= 0.6 is 11.6 Å². The summed E-state index contributed by atoms with van der Waals surface area (Å²) in [5.74, 6) is 0.141. The number of hydrogen-bond acceptors (Lipinski definition) is 4. The van der Waals surface area contributed by atoms with Crippen LogP contribution in [0.5, 0.6) is 5.75 Å². The summed E-state index contributed by atoms with van der Waals surface area (Å²) in [4.78, 5) is 4.23. The summed E-state index contributed by atoms with van der Waals surface area (Å²) in [5, 5.41) is 26.5. The van der Waals surface area contributed by atoms with E-state index in [1.165, 1.54) is 0 Å². The summed E-state index contributed by atoms with van der Waals surface area (Å²) in [6.45, 7) is -0.0335. The van der Waals surface area contributed by atoms with Crippen LogP contribution in [-0.4, -0.2) is 32.0 Å². The molecule has 0 atom stereocenters. The minimum Gasteiger partial charge on any atom is -0.507 e. The van der Waals surface area contributed by atoms with Crippen molar-refractivity contribution in [2.24, 2.45) is 0 Å². The third kappa shape index (κ3) is 2.81. The quantitative estimate of drug-likeness (QED) is 0.646. The standard InChI is InChI=1S/C16H14ClN3O2/c17-16-4-3-12(14(20-16)5-6-21)13-2-1-10(7-15(13)22)11-8-18-19-9-11/h1-4,7-9,21-22H,5-6H2,(H,18,19). The lowest BCUT2D eigenvalue weighted by Gasteiger charge is -2.11.